The van der Waals surface area contributed by atoms with Crippen molar-refractivity contribution >= 4 is 21.7 Å². The molecule has 0 aliphatic heterocycles. The molecule has 0 unspecified atom stereocenters. The van der Waals surface area contributed by atoms with Gasteiger partial charge in [0.05, 0.1) is 12.6 Å². The largest absolute Gasteiger partial charge is 0.394 e. The molecule has 1 aromatic rings. The first-order valence-corrected chi connectivity index (χ1v) is 5.04. The number of anilines is 1. The second-order valence-electron chi connectivity index (χ2n) is 2.79. The maximum atomic E-state index is 8.94. The fraction of sp³-hybridized carbons (Fsp3) is 0.444. The van der Waals surface area contributed by atoms with Crippen LogP contribution in [0.4, 0.5) is 5.82 Å². The van der Waals surface area contributed by atoms with E-state index in [4.69, 9.17) is 5.11 Å². The molecule has 0 saturated heterocycles. The fourth-order valence-electron chi connectivity index (χ4n) is 0.947. The second kappa shape index (κ2) is 5.19. The first-order valence-electron chi connectivity index (χ1n) is 4.25. The van der Waals surface area contributed by atoms with Gasteiger partial charge in [-0.25, -0.2) is 4.98 Å². The van der Waals surface area contributed by atoms with Crippen molar-refractivity contribution in [2.45, 2.75) is 19.4 Å². The molecule has 13 heavy (non-hydrogen) atoms. The van der Waals surface area contributed by atoms with Crippen molar-refractivity contribution in [1.29, 1.82) is 0 Å². The maximum Gasteiger partial charge on any atom is 0.126 e. The minimum absolute atomic E-state index is 0.0914. The predicted molar refractivity (Wildman–Crippen MR) is 56.7 cm³/mol. The van der Waals surface area contributed by atoms with E-state index in [0.717, 1.165) is 16.7 Å². The molecule has 0 aliphatic carbocycles. The Bertz CT molecular complexity index is 246. The molecule has 0 bridgehead atoms. The zero-order chi connectivity index (χ0) is 9.68. The lowest BCUT2D eigenvalue weighted by Gasteiger charge is -2.14. The molecule has 1 heterocycles. The van der Waals surface area contributed by atoms with Crippen LogP contribution in [-0.2, 0) is 0 Å². The molecule has 2 N–H and O–H groups in total. The molecular weight excluding hydrogens is 232 g/mol. The summed E-state index contributed by atoms with van der Waals surface area (Å²) in [6.45, 7) is 2.15. The van der Waals surface area contributed by atoms with Gasteiger partial charge in [0.2, 0.25) is 0 Å². The smallest absolute Gasteiger partial charge is 0.126 e. The summed E-state index contributed by atoms with van der Waals surface area (Å²) in [5, 5.41) is 12.1. The third kappa shape index (κ3) is 3.32. The zero-order valence-corrected chi connectivity index (χ0v) is 9.08. The highest BCUT2D eigenvalue weighted by molar-refractivity contribution is 9.10. The summed E-state index contributed by atoms with van der Waals surface area (Å²) in [6, 6.07) is 3.88. The van der Waals surface area contributed by atoms with Crippen LogP contribution in [0.15, 0.2) is 22.8 Å². The standard InChI is InChI=1S/C9H13BrN2O/c1-2-8(6-13)12-9-4-3-7(10)5-11-9/h3-5,8,13H,2,6H2,1H3,(H,11,12)/t8-/m1/s1. The van der Waals surface area contributed by atoms with Crippen LogP contribution < -0.4 is 5.32 Å². The van der Waals surface area contributed by atoms with Gasteiger partial charge >= 0.3 is 0 Å². The van der Waals surface area contributed by atoms with Crippen LogP contribution in [0.1, 0.15) is 13.3 Å². The summed E-state index contributed by atoms with van der Waals surface area (Å²) in [7, 11) is 0. The number of halogens is 1. The molecule has 0 aliphatic rings. The SMILES string of the molecule is CC[C@H](CO)Nc1ccc(Br)cn1. The molecule has 0 amide bonds. The molecule has 1 rings (SSSR count). The van der Waals surface area contributed by atoms with Gasteiger partial charge in [0, 0.05) is 10.7 Å². The van der Waals surface area contributed by atoms with Gasteiger partial charge in [-0.2, -0.15) is 0 Å². The van der Waals surface area contributed by atoms with E-state index in [1.54, 1.807) is 6.20 Å². The van der Waals surface area contributed by atoms with E-state index < -0.39 is 0 Å². The number of nitrogens with zero attached hydrogens (tertiary/aromatic N) is 1. The average molecular weight is 245 g/mol. The average Bonchev–Trinajstić information content (AvgIpc) is 2.17. The maximum absolute atomic E-state index is 8.94. The Kier molecular flexibility index (Phi) is 4.18. The molecule has 72 valence electrons. The van der Waals surface area contributed by atoms with Crippen molar-refractivity contribution in [1.82, 2.24) is 4.98 Å². The molecule has 0 saturated carbocycles. The van der Waals surface area contributed by atoms with Crippen LogP contribution in [0.3, 0.4) is 0 Å². The van der Waals surface area contributed by atoms with E-state index in [-0.39, 0.29) is 12.6 Å². The lowest BCUT2D eigenvalue weighted by molar-refractivity contribution is 0.271. The van der Waals surface area contributed by atoms with E-state index in [1.165, 1.54) is 0 Å². The molecule has 3 nitrogen and oxygen atoms in total. The Morgan fingerprint density at radius 3 is 2.85 bits per heavy atom. The Morgan fingerprint density at radius 2 is 2.38 bits per heavy atom. The van der Waals surface area contributed by atoms with Crippen molar-refractivity contribution in [3.05, 3.63) is 22.8 Å². The summed E-state index contributed by atoms with van der Waals surface area (Å²) in [5.41, 5.74) is 0. The van der Waals surface area contributed by atoms with Gasteiger partial charge in [0.1, 0.15) is 5.82 Å². The molecule has 0 fully saturated rings. The fourth-order valence-corrected chi connectivity index (χ4v) is 1.18. The van der Waals surface area contributed by atoms with E-state index in [0.29, 0.717) is 0 Å². The first-order chi connectivity index (χ1) is 6.26. The molecular formula is C9H13BrN2O. The third-order valence-corrected chi connectivity index (χ3v) is 2.26. The van der Waals surface area contributed by atoms with Crippen LogP contribution in [0.25, 0.3) is 0 Å². The first kappa shape index (κ1) is 10.5. The summed E-state index contributed by atoms with van der Waals surface area (Å²) in [6.07, 6.45) is 2.61. The topological polar surface area (TPSA) is 45.1 Å². The zero-order valence-electron chi connectivity index (χ0n) is 7.50. The minimum atomic E-state index is 0.0914. The van der Waals surface area contributed by atoms with Crippen LogP contribution in [0.2, 0.25) is 0 Å². The van der Waals surface area contributed by atoms with Gasteiger partial charge in [-0.05, 0) is 34.5 Å². The van der Waals surface area contributed by atoms with Crippen LogP contribution in [-0.4, -0.2) is 22.7 Å². The van der Waals surface area contributed by atoms with E-state index in [1.807, 2.05) is 19.1 Å². The minimum Gasteiger partial charge on any atom is -0.394 e. The van der Waals surface area contributed by atoms with Crippen molar-refractivity contribution in [3.8, 4) is 0 Å². The highest BCUT2D eigenvalue weighted by atomic mass is 79.9. The van der Waals surface area contributed by atoms with Crippen molar-refractivity contribution in [2.24, 2.45) is 0 Å². The molecule has 1 atom stereocenters. The van der Waals surface area contributed by atoms with Crippen LogP contribution in [0, 0.1) is 0 Å². The number of hydrogen-bond donors (Lipinski definition) is 2. The second-order valence-corrected chi connectivity index (χ2v) is 3.71. The van der Waals surface area contributed by atoms with Gasteiger partial charge < -0.3 is 10.4 Å². The lowest BCUT2D eigenvalue weighted by Crippen LogP contribution is -2.22. The molecule has 0 aromatic carbocycles. The predicted octanol–water partition coefficient (Wildman–Crippen LogP) is 2.03. The normalized spacial score (nSPS) is 12.5. The number of nitrogens with one attached hydrogen (secondary N) is 1. The summed E-state index contributed by atoms with van der Waals surface area (Å²) in [5.74, 6) is 0.795. The van der Waals surface area contributed by atoms with E-state index >= 15 is 0 Å². The van der Waals surface area contributed by atoms with Crippen LogP contribution >= 0.6 is 15.9 Å². The Hall–Kier alpha value is -0.610. The van der Waals surface area contributed by atoms with Crippen molar-refractivity contribution in [2.75, 3.05) is 11.9 Å². The quantitative estimate of drug-likeness (QED) is 0.853. The molecule has 4 heteroatoms. The van der Waals surface area contributed by atoms with Gasteiger partial charge in [-0.15, -0.1) is 0 Å². The highest BCUT2D eigenvalue weighted by Gasteiger charge is 2.03. The number of rotatable bonds is 4. The van der Waals surface area contributed by atoms with Gasteiger partial charge in [0.25, 0.3) is 0 Å². The lowest BCUT2D eigenvalue weighted by atomic mass is 10.2. The number of pyridine rings is 1. The number of aromatic nitrogens is 1. The van der Waals surface area contributed by atoms with Crippen LogP contribution in [0.5, 0.6) is 0 Å². The summed E-state index contributed by atoms with van der Waals surface area (Å²) in [4.78, 5) is 4.14. The van der Waals surface area contributed by atoms with Crippen molar-refractivity contribution < 1.29 is 5.11 Å². The number of aliphatic hydroxyl groups is 1. The Labute approximate surface area is 86.3 Å². The summed E-state index contributed by atoms with van der Waals surface area (Å²) >= 11 is 3.31. The molecule has 1 aromatic heterocycles. The third-order valence-electron chi connectivity index (χ3n) is 1.79. The molecule has 0 spiro atoms. The van der Waals surface area contributed by atoms with Crippen molar-refractivity contribution in [3.63, 3.8) is 0 Å². The van der Waals surface area contributed by atoms with Gasteiger partial charge in [0.15, 0.2) is 0 Å². The highest BCUT2D eigenvalue weighted by Crippen LogP contribution is 2.11. The monoisotopic (exact) mass is 244 g/mol. The number of hydrogen-bond acceptors (Lipinski definition) is 3. The van der Waals surface area contributed by atoms with Gasteiger partial charge in [-0.1, -0.05) is 6.92 Å². The van der Waals surface area contributed by atoms with Gasteiger partial charge in [-0.3, -0.25) is 0 Å². The Morgan fingerprint density at radius 1 is 1.62 bits per heavy atom. The Balaban J connectivity index is 2.58. The van der Waals surface area contributed by atoms with E-state index in [2.05, 4.69) is 26.2 Å². The molecule has 0 radical (unpaired) electrons. The number of aliphatic hydroxyl groups excluding tert-OH is 1. The summed E-state index contributed by atoms with van der Waals surface area (Å²) < 4.78 is 0.954. The van der Waals surface area contributed by atoms with E-state index in [9.17, 15) is 0 Å².